The molecule has 0 saturated heterocycles. The van der Waals surface area contributed by atoms with Crippen LogP contribution in [0.3, 0.4) is 0 Å². The highest BCUT2D eigenvalue weighted by Gasteiger charge is 2.17. The minimum Gasteiger partial charge on any atom is -0.490 e. The first-order chi connectivity index (χ1) is 12.6. The first-order valence-corrected chi connectivity index (χ1v) is 8.82. The Morgan fingerprint density at radius 3 is 2.62 bits per heavy atom. The first-order valence-electron chi connectivity index (χ1n) is 8.44. The summed E-state index contributed by atoms with van der Waals surface area (Å²) in [5.41, 5.74) is 0.639. The maximum absolute atomic E-state index is 12.4. The smallest absolute Gasteiger partial charge is 0.277 e. The van der Waals surface area contributed by atoms with E-state index in [1.165, 1.54) is 10.9 Å². The van der Waals surface area contributed by atoms with Gasteiger partial charge in [-0.1, -0.05) is 22.9 Å². The Balaban J connectivity index is 2.07. The van der Waals surface area contributed by atoms with Crippen LogP contribution >= 0.6 is 11.6 Å². The van der Waals surface area contributed by atoms with Crippen LogP contribution in [-0.4, -0.2) is 47.0 Å². The highest BCUT2D eigenvalue weighted by atomic mass is 35.5. The van der Waals surface area contributed by atoms with E-state index in [1.54, 1.807) is 18.2 Å². The molecular formula is C17H23ClN4O4. The number of aromatic nitrogens is 3. The Hall–Kier alpha value is -2.16. The van der Waals surface area contributed by atoms with Crippen molar-refractivity contribution >= 4 is 23.2 Å². The SMILES string of the molecule is CCOc1c(Cl)cccc1NC(=O)c1cn(CC(OCC)OCC)nn1. The van der Waals surface area contributed by atoms with Crippen LogP contribution in [0, 0.1) is 0 Å². The van der Waals surface area contributed by atoms with Crippen molar-refractivity contribution in [1.82, 2.24) is 15.0 Å². The summed E-state index contributed by atoms with van der Waals surface area (Å²) in [6.07, 6.45) is 1.09. The van der Waals surface area contributed by atoms with Gasteiger partial charge in [0.1, 0.15) is 0 Å². The third-order valence-corrected chi connectivity index (χ3v) is 3.61. The van der Waals surface area contributed by atoms with Crippen molar-refractivity contribution in [1.29, 1.82) is 0 Å². The normalized spacial score (nSPS) is 11.0. The topological polar surface area (TPSA) is 87.5 Å². The first kappa shape index (κ1) is 20.2. The summed E-state index contributed by atoms with van der Waals surface area (Å²) >= 11 is 6.12. The van der Waals surface area contributed by atoms with Gasteiger partial charge in [0.15, 0.2) is 17.7 Å². The van der Waals surface area contributed by atoms with E-state index in [0.717, 1.165) is 0 Å². The molecule has 1 N–H and O–H groups in total. The molecule has 1 aromatic heterocycles. The predicted octanol–water partition coefficient (Wildman–Crippen LogP) is 2.98. The lowest BCUT2D eigenvalue weighted by Gasteiger charge is -2.16. The van der Waals surface area contributed by atoms with E-state index in [1.807, 2.05) is 20.8 Å². The lowest BCUT2D eigenvalue weighted by Crippen LogP contribution is -2.24. The van der Waals surface area contributed by atoms with Crippen molar-refractivity contribution in [3.05, 3.63) is 35.1 Å². The van der Waals surface area contributed by atoms with E-state index in [9.17, 15) is 4.79 Å². The molecule has 8 nitrogen and oxygen atoms in total. The summed E-state index contributed by atoms with van der Waals surface area (Å²) in [7, 11) is 0. The average molecular weight is 383 g/mol. The number of para-hydroxylation sites is 1. The molecule has 9 heteroatoms. The summed E-state index contributed by atoms with van der Waals surface area (Å²) in [5, 5.41) is 11.0. The monoisotopic (exact) mass is 382 g/mol. The largest absolute Gasteiger partial charge is 0.490 e. The zero-order chi connectivity index (χ0) is 18.9. The molecule has 0 fully saturated rings. The molecule has 1 amide bonds. The molecule has 0 aliphatic heterocycles. The molecule has 0 spiro atoms. The van der Waals surface area contributed by atoms with Crippen molar-refractivity contribution in [2.75, 3.05) is 25.1 Å². The second kappa shape index (κ2) is 10.1. The van der Waals surface area contributed by atoms with Crippen LogP contribution in [0.15, 0.2) is 24.4 Å². The van der Waals surface area contributed by atoms with E-state index >= 15 is 0 Å². The maximum atomic E-state index is 12.4. The standard InChI is InChI=1S/C17H23ClN4O4/c1-4-24-15(25-5-2)11-22-10-14(20-21-22)17(23)19-13-9-7-8-12(18)16(13)26-6-3/h7-10,15H,4-6,11H2,1-3H3,(H,19,23). The Morgan fingerprint density at radius 2 is 1.96 bits per heavy atom. The van der Waals surface area contributed by atoms with Gasteiger partial charge in [-0.15, -0.1) is 5.10 Å². The number of carbonyl (C=O) groups is 1. The van der Waals surface area contributed by atoms with Gasteiger partial charge in [-0.05, 0) is 32.9 Å². The van der Waals surface area contributed by atoms with Gasteiger partial charge in [-0.3, -0.25) is 4.79 Å². The fraction of sp³-hybridized carbons (Fsp3) is 0.471. The Kier molecular flexibility index (Phi) is 7.83. The second-order valence-electron chi connectivity index (χ2n) is 5.17. The van der Waals surface area contributed by atoms with Gasteiger partial charge in [0.05, 0.1) is 30.1 Å². The molecule has 0 atom stereocenters. The zero-order valence-corrected chi connectivity index (χ0v) is 15.8. The van der Waals surface area contributed by atoms with Crippen molar-refractivity contribution < 1.29 is 19.0 Å². The molecule has 1 heterocycles. The molecule has 0 aliphatic rings. The van der Waals surface area contributed by atoms with Crippen molar-refractivity contribution in [2.24, 2.45) is 0 Å². The van der Waals surface area contributed by atoms with E-state index < -0.39 is 12.2 Å². The minimum absolute atomic E-state index is 0.166. The summed E-state index contributed by atoms with van der Waals surface area (Å²) in [5.74, 6) is 0.00834. The molecule has 0 saturated carbocycles. The third-order valence-electron chi connectivity index (χ3n) is 3.32. The van der Waals surface area contributed by atoms with E-state index in [0.29, 0.717) is 42.8 Å². The molecular weight excluding hydrogens is 360 g/mol. The number of anilines is 1. The van der Waals surface area contributed by atoms with Crippen LogP contribution in [0.4, 0.5) is 5.69 Å². The summed E-state index contributed by atoms with van der Waals surface area (Å²) in [6.45, 7) is 7.40. The van der Waals surface area contributed by atoms with Gasteiger partial charge < -0.3 is 19.5 Å². The Bertz CT molecular complexity index is 717. The molecule has 2 aromatic rings. The minimum atomic E-state index is -0.444. The van der Waals surface area contributed by atoms with Crippen LogP contribution in [0.1, 0.15) is 31.3 Å². The highest BCUT2D eigenvalue weighted by Crippen LogP contribution is 2.33. The molecule has 26 heavy (non-hydrogen) atoms. The number of rotatable bonds is 10. The summed E-state index contributed by atoms with van der Waals surface area (Å²) < 4.78 is 17.9. The maximum Gasteiger partial charge on any atom is 0.277 e. The molecule has 0 radical (unpaired) electrons. The van der Waals surface area contributed by atoms with E-state index in [-0.39, 0.29) is 5.69 Å². The fourth-order valence-electron chi connectivity index (χ4n) is 2.25. The lowest BCUT2D eigenvalue weighted by molar-refractivity contribution is -0.145. The number of hydrogen-bond acceptors (Lipinski definition) is 6. The van der Waals surface area contributed by atoms with Gasteiger partial charge in [0.25, 0.3) is 5.91 Å². The van der Waals surface area contributed by atoms with Crippen molar-refractivity contribution in [2.45, 2.75) is 33.6 Å². The van der Waals surface area contributed by atoms with Crippen LogP contribution in [0.25, 0.3) is 0 Å². The molecule has 1 aromatic carbocycles. The van der Waals surface area contributed by atoms with Gasteiger partial charge in [0.2, 0.25) is 0 Å². The van der Waals surface area contributed by atoms with Crippen LogP contribution in [0.2, 0.25) is 5.02 Å². The van der Waals surface area contributed by atoms with Crippen molar-refractivity contribution in [3.8, 4) is 5.75 Å². The quantitative estimate of drug-likeness (QED) is 0.635. The van der Waals surface area contributed by atoms with E-state index in [4.69, 9.17) is 25.8 Å². The fourth-order valence-corrected chi connectivity index (χ4v) is 2.48. The van der Waals surface area contributed by atoms with Gasteiger partial charge >= 0.3 is 0 Å². The molecule has 142 valence electrons. The molecule has 0 aliphatic carbocycles. The number of carbonyl (C=O) groups excluding carboxylic acids is 1. The van der Waals surface area contributed by atoms with Gasteiger partial charge in [0, 0.05) is 13.2 Å². The molecule has 0 unspecified atom stereocenters. The lowest BCUT2D eigenvalue weighted by atomic mass is 10.2. The number of nitrogens with one attached hydrogen (secondary N) is 1. The number of benzene rings is 1. The third kappa shape index (κ3) is 5.42. The second-order valence-corrected chi connectivity index (χ2v) is 5.58. The summed E-state index contributed by atoms with van der Waals surface area (Å²) in [6, 6.07) is 5.13. The number of amides is 1. The van der Waals surface area contributed by atoms with Gasteiger partial charge in [-0.2, -0.15) is 0 Å². The number of ether oxygens (including phenoxy) is 3. The predicted molar refractivity (Wildman–Crippen MR) is 97.6 cm³/mol. The Labute approximate surface area is 157 Å². The number of hydrogen-bond donors (Lipinski definition) is 1. The Morgan fingerprint density at radius 1 is 1.23 bits per heavy atom. The van der Waals surface area contributed by atoms with E-state index in [2.05, 4.69) is 15.6 Å². The number of nitrogens with zero attached hydrogens (tertiary/aromatic N) is 3. The molecule has 0 bridgehead atoms. The molecule has 2 rings (SSSR count). The van der Waals surface area contributed by atoms with Crippen LogP contribution in [0.5, 0.6) is 5.75 Å². The summed E-state index contributed by atoms with van der Waals surface area (Å²) in [4.78, 5) is 12.4. The van der Waals surface area contributed by atoms with Crippen LogP contribution in [-0.2, 0) is 16.0 Å². The number of halogens is 1. The average Bonchev–Trinajstić information content (AvgIpc) is 3.07. The zero-order valence-electron chi connectivity index (χ0n) is 15.1. The van der Waals surface area contributed by atoms with Crippen molar-refractivity contribution in [3.63, 3.8) is 0 Å². The van der Waals surface area contributed by atoms with Gasteiger partial charge in [-0.25, -0.2) is 4.68 Å². The highest BCUT2D eigenvalue weighted by molar-refractivity contribution is 6.32. The van der Waals surface area contributed by atoms with Crippen LogP contribution < -0.4 is 10.1 Å².